The average Bonchev–Trinajstić information content (AvgIpc) is 2.64. The molecule has 0 aliphatic rings. The minimum atomic E-state index is 0.292. The van der Waals surface area contributed by atoms with Crippen molar-refractivity contribution in [3.8, 4) is 5.75 Å². The highest BCUT2D eigenvalue weighted by molar-refractivity contribution is 5.26. The van der Waals surface area contributed by atoms with Gasteiger partial charge in [0, 0.05) is 0 Å². The van der Waals surface area contributed by atoms with E-state index in [-0.39, 0.29) is 0 Å². The van der Waals surface area contributed by atoms with Crippen molar-refractivity contribution in [2.45, 2.75) is 13.5 Å². The molecule has 1 aromatic heterocycles. The van der Waals surface area contributed by atoms with E-state index >= 15 is 0 Å². The van der Waals surface area contributed by atoms with E-state index in [2.05, 4.69) is 4.98 Å². The summed E-state index contributed by atoms with van der Waals surface area (Å²) in [6.45, 7) is 2.32. The van der Waals surface area contributed by atoms with Crippen LogP contribution in [0.1, 0.15) is 11.5 Å². The van der Waals surface area contributed by atoms with Crippen molar-refractivity contribution < 1.29 is 9.15 Å². The summed E-state index contributed by atoms with van der Waals surface area (Å²) in [7, 11) is 0. The molecule has 0 fully saturated rings. The maximum atomic E-state index is 5.45. The summed E-state index contributed by atoms with van der Waals surface area (Å²) >= 11 is 0. The smallest absolute Gasteiger partial charge is 0.234 e. The molecule has 0 amide bonds. The number of oxazole rings is 1. The van der Waals surface area contributed by atoms with Crippen LogP contribution in [-0.4, -0.2) is 4.98 Å². The topological polar surface area (TPSA) is 61.3 Å². The molecule has 2 aromatic rings. The molecule has 2 rings (SSSR count). The Morgan fingerprint density at radius 2 is 2.07 bits per heavy atom. The zero-order valence-electron chi connectivity index (χ0n) is 8.43. The normalized spacial score (nSPS) is 10.2. The van der Waals surface area contributed by atoms with Gasteiger partial charge < -0.3 is 14.9 Å². The van der Waals surface area contributed by atoms with Crippen molar-refractivity contribution in [3.63, 3.8) is 0 Å². The van der Waals surface area contributed by atoms with Crippen LogP contribution in [0.15, 0.2) is 34.9 Å². The molecule has 0 saturated heterocycles. The molecule has 0 atom stereocenters. The standard InChI is InChI=1S/C11H12N2O2/c1-8-2-4-9(5-3-8)14-7-11-13-10(12)6-15-11/h2-6H,7,12H2,1H3. The van der Waals surface area contributed by atoms with Gasteiger partial charge in [-0.2, -0.15) is 4.98 Å². The van der Waals surface area contributed by atoms with Crippen molar-refractivity contribution in [2.75, 3.05) is 5.73 Å². The number of nitrogen functional groups attached to an aromatic ring is 1. The SMILES string of the molecule is Cc1ccc(OCc2nc(N)co2)cc1. The fourth-order valence-electron chi connectivity index (χ4n) is 1.17. The van der Waals surface area contributed by atoms with Crippen molar-refractivity contribution in [1.29, 1.82) is 0 Å². The lowest BCUT2D eigenvalue weighted by Gasteiger charge is -2.02. The van der Waals surface area contributed by atoms with Crippen LogP contribution in [0.5, 0.6) is 5.75 Å². The van der Waals surface area contributed by atoms with E-state index in [1.54, 1.807) is 0 Å². The van der Waals surface area contributed by atoms with Crippen molar-refractivity contribution >= 4 is 5.82 Å². The Bertz CT molecular complexity index is 434. The maximum Gasteiger partial charge on any atom is 0.234 e. The second kappa shape index (κ2) is 4.04. The summed E-state index contributed by atoms with van der Waals surface area (Å²) in [5, 5.41) is 0. The van der Waals surface area contributed by atoms with E-state index in [0.717, 1.165) is 5.75 Å². The van der Waals surface area contributed by atoms with E-state index in [9.17, 15) is 0 Å². The van der Waals surface area contributed by atoms with Crippen LogP contribution in [0, 0.1) is 6.92 Å². The highest BCUT2D eigenvalue weighted by atomic mass is 16.5. The van der Waals surface area contributed by atoms with Crippen LogP contribution in [-0.2, 0) is 6.61 Å². The molecule has 1 heterocycles. The third-order valence-corrected chi connectivity index (χ3v) is 1.95. The number of hydrogen-bond donors (Lipinski definition) is 1. The van der Waals surface area contributed by atoms with E-state index < -0.39 is 0 Å². The first kappa shape index (κ1) is 9.58. The molecule has 4 heteroatoms. The zero-order valence-corrected chi connectivity index (χ0v) is 8.43. The molecule has 1 aromatic carbocycles. The number of nitrogens with two attached hydrogens (primary N) is 1. The number of aryl methyl sites for hydroxylation is 1. The predicted octanol–water partition coefficient (Wildman–Crippen LogP) is 2.14. The third-order valence-electron chi connectivity index (χ3n) is 1.95. The lowest BCUT2D eigenvalue weighted by Crippen LogP contribution is -1.96. The van der Waals surface area contributed by atoms with Crippen molar-refractivity contribution in [1.82, 2.24) is 4.98 Å². The monoisotopic (exact) mass is 204 g/mol. The molecule has 0 bridgehead atoms. The maximum absolute atomic E-state index is 5.45. The highest BCUT2D eigenvalue weighted by Gasteiger charge is 2.01. The Morgan fingerprint density at radius 3 is 2.67 bits per heavy atom. The molecule has 0 aliphatic heterocycles. The number of ether oxygens (including phenoxy) is 1. The Kier molecular flexibility index (Phi) is 2.58. The molecule has 0 aliphatic carbocycles. The Labute approximate surface area is 87.7 Å². The van der Waals surface area contributed by atoms with Gasteiger partial charge in [0.05, 0.1) is 0 Å². The summed E-state index contributed by atoms with van der Waals surface area (Å²) in [5.41, 5.74) is 6.60. The lowest BCUT2D eigenvalue weighted by molar-refractivity contribution is 0.263. The van der Waals surface area contributed by atoms with Gasteiger partial charge in [0.2, 0.25) is 5.89 Å². The second-order valence-corrected chi connectivity index (χ2v) is 3.27. The quantitative estimate of drug-likeness (QED) is 0.832. The minimum absolute atomic E-state index is 0.292. The van der Waals surface area contributed by atoms with Gasteiger partial charge in [-0.25, -0.2) is 0 Å². The largest absolute Gasteiger partial charge is 0.484 e. The van der Waals surface area contributed by atoms with Gasteiger partial charge in [-0.3, -0.25) is 0 Å². The Morgan fingerprint density at radius 1 is 1.33 bits per heavy atom. The number of hydrogen-bond acceptors (Lipinski definition) is 4. The van der Waals surface area contributed by atoms with Crippen LogP contribution in [0.4, 0.5) is 5.82 Å². The fraction of sp³-hybridized carbons (Fsp3) is 0.182. The van der Waals surface area contributed by atoms with Crippen LogP contribution in [0.25, 0.3) is 0 Å². The predicted molar refractivity (Wildman–Crippen MR) is 56.4 cm³/mol. The Balaban J connectivity index is 1.96. The number of aromatic nitrogens is 1. The van der Waals surface area contributed by atoms with Gasteiger partial charge >= 0.3 is 0 Å². The Hall–Kier alpha value is -1.97. The second-order valence-electron chi connectivity index (χ2n) is 3.27. The summed E-state index contributed by atoms with van der Waals surface area (Å²) in [5.74, 6) is 1.64. The first-order chi connectivity index (χ1) is 7.24. The van der Waals surface area contributed by atoms with Crippen molar-refractivity contribution in [3.05, 3.63) is 42.0 Å². The summed E-state index contributed by atoms with van der Waals surface area (Å²) < 4.78 is 10.5. The summed E-state index contributed by atoms with van der Waals surface area (Å²) in [6, 6.07) is 7.78. The fourth-order valence-corrected chi connectivity index (χ4v) is 1.17. The third kappa shape index (κ3) is 2.49. The number of rotatable bonds is 3. The molecule has 0 radical (unpaired) electrons. The lowest BCUT2D eigenvalue weighted by atomic mass is 10.2. The number of benzene rings is 1. The van der Waals surface area contributed by atoms with Gasteiger partial charge in [-0.05, 0) is 19.1 Å². The molecule has 2 N–H and O–H groups in total. The average molecular weight is 204 g/mol. The van der Waals surface area contributed by atoms with Crippen LogP contribution in [0.3, 0.4) is 0 Å². The molecule has 0 spiro atoms. The highest BCUT2D eigenvalue weighted by Crippen LogP contribution is 2.13. The first-order valence-electron chi connectivity index (χ1n) is 4.63. The number of anilines is 1. The number of nitrogens with zero attached hydrogens (tertiary/aromatic N) is 1. The molecule has 15 heavy (non-hydrogen) atoms. The molecule has 0 unspecified atom stereocenters. The van der Waals surface area contributed by atoms with Gasteiger partial charge in [-0.15, -0.1) is 0 Å². The summed E-state index contributed by atoms with van der Waals surface area (Å²) in [4.78, 5) is 3.93. The van der Waals surface area contributed by atoms with Crippen LogP contribution in [0.2, 0.25) is 0 Å². The van der Waals surface area contributed by atoms with E-state index in [4.69, 9.17) is 14.9 Å². The van der Waals surface area contributed by atoms with Gasteiger partial charge in [0.1, 0.15) is 12.0 Å². The molecule has 78 valence electrons. The molecule has 0 saturated carbocycles. The van der Waals surface area contributed by atoms with Crippen LogP contribution >= 0.6 is 0 Å². The zero-order chi connectivity index (χ0) is 10.7. The summed E-state index contributed by atoms with van der Waals surface area (Å²) in [6.07, 6.45) is 1.40. The van der Waals surface area contributed by atoms with Crippen LogP contribution < -0.4 is 10.5 Å². The van der Waals surface area contributed by atoms with E-state index in [1.807, 2.05) is 31.2 Å². The molecular weight excluding hydrogens is 192 g/mol. The van der Waals surface area contributed by atoms with Gasteiger partial charge in [0.15, 0.2) is 12.4 Å². The first-order valence-corrected chi connectivity index (χ1v) is 4.63. The van der Waals surface area contributed by atoms with Gasteiger partial charge in [-0.1, -0.05) is 17.7 Å². The van der Waals surface area contributed by atoms with E-state index in [0.29, 0.717) is 18.3 Å². The molecular formula is C11H12N2O2. The van der Waals surface area contributed by atoms with E-state index in [1.165, 1.54) is 11.8 Å². The molecule has 4 nitrogen and oxygen atoms in total. The minimum Gasteiger partial charge on any atom is -0.484 e. The van der Waals surface area contributed by atoms with Crippen molar-refractivity contribution in [2.24, 2.45) is 0 Å². The van der Waals surface area contributed by atoms with Gasteiger partial charge in [0.25, 0.3) is 0 Å².